The van der Waals surface area contributed by atoms with E-state index >= 15 is 0 Å². The Morgan fingerprint density at radius 3 is 2.85 bits per heavy atom. The van der Waals surface area contributed by atoms with Crippen LogP contribution in [0.15, 0.2) is 24.3 Å². The van der Waals surface area contributed by atoms with Crippen LogP contribution < -0.4 is 4.90 Å². The molecule has 2 amide bonds. The highest BCUT2D eigenvalue weighted by atomic mass is 16.6. The van der Waals surface area contributed by atoms with E-state index in [1.807, 2.05) is 17.0 Å². The highest BCUT2D eigenvalue weighted by Gasteiger charge is 2.46. The number of anilines is 1. The third-order valence-corrected chi connectivity index (χ3v) is 5.81. The Morgan fingerprint density at radius 2 is 2.04 bits per heavy atom. The molecule has 0 N–H and O–H groups in total. The minimum Gasteiger partial charge on any atom is -0.440 e. The van der Waals surface area contributed by atoms with Crippen molar-refractivity contribution in [1.82, 2.24) is 9.80 Å². The second-order valence-electron chi connectivity index (χ2n) is 7.81. The minimum absolute atomic E-state index is 0.192. The number of likely N-dealkylation sites (N-methyl/N-ethyl adjacent to an activating group) is 1. The minimum atomic E-state index is -0.384. The Labute approximate surface area is 154 Å². The molecule has 0 bridgehead atoms. The van der Waals surface area contributed by atoms with E-state index in [2.05, 4.69) is 17.0 Å². The molecule has 3 aliphatic heterocycles. The van der Waals surface area contributed by atoms with E-state index in [0.29, 0.717) is 13.0 Å². The molecule has 0 aliphatic carbocycles. The van der Waals surface area contributed by atoms with Gasteiger partial charge in [0.1, 0.15) is 5.60 Å². The van der Waals surface area contributed by atoms with Gasteiger partial charge in [0.2, 0.25) is 5.91 Å². The van der Waals surface area contributed by atoms with Gasteiger partial charge in [0, 0.05) is 38.8 Å². The van der Waals surface area contributed by atoms with Crippen molar-refractivity contribution in [2.75, 3.05) is 44.7 Å². The van der Waals surface area contributed by atoms with Gasteiger partial charge in [-0.25, -0.2) is 4.79 Å². The first-order valence-electron chi connectivity index (χ1n) is 9.61. The fourth-order valence-corrected chi connectivity index (χ4v) is 4.57. The van der Waals surface area contributed by atoms with Crippen molar-refractivity contribution >= 4 is 17.7 Å². The van der Waals surface area contributed by atoms with Crippen molar-refractivity contribution in [2.45, 2.75) is 37.7 Å². The maximum absolute atomic E-state index is 12.8. The monoisotopic (exact) mass is 357 g/mol. The van der Waals surface area contributed by atoms with Gasteiger partial charge in [-0.05, 0) is 43.9 Å². The van der Waals surface area contributed by atoms with Gasteiger partial charge in [0.15, 0.2) is 0 Å². The quantitative estimate of drug-likeness (QED) is 0.833. The number of amides is 2. The lowest BCUT2D eigenvalue weighted by Crippen LogP contribution is -2.51. The van der Waals surface area contributed by atoms with E-state index in [4.69, 9.17) is 4.74 Å². The Balaban J connectivity index is 1.36. The van der Waals surface area contributed by atoms with Crippen molar-refractivity contribution < 1.29 is 14.3 Å². The average Bonchev–Trinajstić information content (AvgIpc) is 2.92. The first kappa shape index (κ1) is 17.3. The highest BCUT2D eigenvalue weighted by Crippen LogP contribution is 2.32. The lowest BCUT2D eigenvalue weighted by atomic mass is 9.92. The second kappa shape index (κ2) is 6.91. The molecule has 0 unspecified atom stereocenters. The molecule has 1 spiro atoms. The molecule has 26 heavy (non-hydrogen) atoms. The number of rotatable bonds is 3. The summed E-state index contributed by atoms with van der Waals surface area (Å²) >= 11 is 0. The zero-order chi connectivity index (χ0) is 18.1. The maximum atomic E-state index is 12.8. The number of aryl methyl sites for hydroxylation is 1. The van der Waals surface area contributed by atoms with Crippen LogP contribution >= 0.6 is 0 Å². The van der Waals surface area contributed by atoms with Crippen LogP contribution in [0, 0.1) is 0 Å². The number of hydrogen-bond donors (Lipinski definition) is 0. The topological polar surface area (TPSA) is 53.1 Å². The smallest absolute Gasteiger partial charge is 0.410 e. The Bertz CT molecular complexity index is 707. The number of fused-ring (bicyclic) bond motifs is 1. The lowest BCUT2D eigenvalue weighted by Gasteiger charge is -2.38. The predicted octanol–water partition coefficient (Wildman–Crippen LogP) is 2.27. The van der Waals surface area contributed by atoms with E-state index in [9.17, 15) is 9.59 Å². The average molecular weight is 357 g/mol. The molecule has 2 fully saturated rings. The zero-order valence-corrected chi connectivity index (χ0v) is 15.4. The van der Waals surface area contributed by atoms with E-state index in [-0.39, 0.29) is 17.6 Å². The molecular formula is C20H27N3O3. The largest absolute Gasteiger partial charge is 0.440 e. The van der Waals surface area contributed by atoms with E-state index in [0.717, 1.165) is 57.5 Å². The summed E-state index contributed by atoms with van der Waals surface area (Å²) in [6.45, 7) is 3.87. The fraction of sp³-hybridized carbons (Fsp3) is 0.600. The predicted molar refractivity (Wildman–Crippen MR) is 99.2 cm³/mol. The molecule has 0 radical (unpaired) electrons. The van der Waals surface area contributed by atoms with Crippen molar-refractivity contribution in [2.24, 2.45) is 0 Å². The normalized spacial score (nSPS) is 26.1. The van der Waals surface area contributed by atoms with Crippen LogP contribution in [0.5, 0.6) is 0 Å². The Hall–Kier alpha value is -2.08. The molecular weight excluding hydrogens is 330 g/mol. The van der Waals surface area contributed by atoms with Crippen LogP contribution in [0.2, 0.25) is 0 Å². The number of piperidine rings is 1. The number of carbonyl (C=O) groups is 2. The summed E-state index contributed by atoms with van der Waals surface area (Å²) in [4.78, 5) is 30.5. The van der Waals surface area contributed by atoms with E-state index in [1.54, 1.807) is 11.9 Å². The second-order valence-corrected chi connectivity index (χ2v) is 7.81. The van der Waals surface area contributed by atoms with Crippen LogP contribution in [-0.4, -0.2) is 67.2 Å². The van der Waals surface area contributed by atoms with E-state index < -0.39 is 0 Å². The standard InChI is InChI=1S/C20H27N3O3/c1-21-14-20(26-19(21)25)10-5-11-22(15-20)13-9-18(24)23-12-4-7-16-6-2-3-8-17(16)23/h2-3,6,8H,4-5,7,9-15H2,1H3/t20-/m0/s1. The Kier molecular flexibility index (Phi) is 4.61. The SMILES string of the molecule is CN1C[C@]2(CCCN(CCC(=O)N3CCCc4ccccc43)C2)OC1=O. The Morgan fingerprint density at radius 1 is 1.19 bits per heavy atom. The van der Waals surface area contributed by atoms with Crippen molar-refractivity contribution in [1.29, 1.82) is 0 Å². The summed E-state index contributed by atoms with van der Waals surface area (Å²) in [6, 6.07) is 8.22. The van der Waals surface area contributed by atoms with Gasteiger partial charge >= 0.3 is 6.09 Å². The summed E-state index contributed by atoms with van der Waals surface area (Å²) in [6.07, 6.45) is 4.27. The summed E-state index contributed by atoms with van der Waals surface area (Å²) in [5.74, 6) is 0.192. The van der Waals surface area contributed by atoms with Gasteiger partial charge in [-0.2, -0.15) is 0 Å². The number of benzene rings is 1. The van der Waals surface area contributed by atoms with Gasteiger partial charge in [0.05, 0.1) is 6.54 Å². The van der Waals surface area contributed by atoms with Crippen LogP contribution in [0.25, 0.3) is 0 Å². The third-order valence-electron chi connectivity index (χ3n) is 5.81. The first-order valence-corrected chi connectivity index (χ1v) is 9.61. The van der Waals surface area contributed by atoms with Gasteiger partial charge in [-0.1, -0.05) is 18.2 Å². The molecule has 3 aliphatic rings. The number of likely N-dealkylation sites (tertiary alicyclic amines) is 1. The number of nitrogens with zero attached hydrogens (tertiary/aromatic N) is 3. The molecule has 1 aromatic rings. The molecule has 0 saturated carbocycles. The summed E-state index contributed by atoms with van der Waals surface area (Å²) in [7, 11) is 1.79. The summed E-state index contributed by atoms with van der Waals surface area (Å²) in [5.41, 5.74) is 1.96. The zero-order valence-electron chi connectivity index (χ0n) is 15.4. The maximum Gasteiger partial charge on any atom is 0.410 e. The molecule has 1 aromatic carbocycles. The molecule has 6 heteroatoms. The van der Waals surface area contributed by atoms with Crippen molar-refractivity contribution in [3.05, 3.63) is 29.8 Å². The molecule has 6 nitrogen and oxygen atoms in total. The highest BCUT2D eigenvalue weighted by molar-refractivity contribution is 5.94. The first-order chi connectivity index (χ1) is 12.6. The lowest BCUT2D eigenvalue weighted by molar-refractivity contribution is -0.119. The number of hydrogen-bond acceptors (Lipinski definition) is 4. The summed E-state index contributed by atoms with van der Waals surface area (Å²) in [5, 5.41) is 0. The third kappa shape index (κ3) is 3.30. The number of para-hydroxylation sites is 1. The number of ether oxygens (including phenoxy) is 1. The van der Waals surface area contributed by atoms with Gasteiger partial charge in [-0.15, -0.1) is 0 Å². The summed E-state index contributed by atoms with van der Waals surface area (Å²) < 4.78 is 5.65. The molecule has 1 atom stereocenters. The van der Waals surface area contributed by atoms with Crippen LogP contribution in [-0.2, 0) is 16.0 Å². The number of carbonyl (C=O) groups excluding carboxylic acids is 2. The van der Waals surface area contributed by atoms with Crippen LogP contribution in [0.3, 0.4) is 0 Å². The van der Waals surface area contributed by atoms with Crippen LogP contribution in [0.4, 0.5) is 10.5 Å². The molecule has 4 rings (SSSR count). The van der Waals surface area contributed by atoms with Gasteiger partial charge in [0.25, 0.3) is 0 Å². The molecule has 2 saturated heterocycles. The molecule has 0 aromatic heterocycles. The van der Waals surface area contributed by atoms with Crippen molar-refractivity contribution in [3.63, 3.8) is 0 Å². The fourth-order valence-electron chi connectivity index (χ4n) is 4.57. The van der Waals surface area contributed by atoms with Gasteiger partial charge < -0.3 is 14.5 Å². The van der Waals surface area contributed by atoms with Crippen LogP contribution in [0.1, 0.15) is 31.2 Å². The molecule has 140 valence electrons. The van der Waals surface area contributed by atoms with Crippen molar-refractivity contribution in [3.8, 4) is 0 Å². The molecule has 3 heterocycles. The van der Waals surface area contributed by atoms with E-state index in [1.165, 1.54) is 5.56 Å². The van der Waals surface area contributed by atoms with Gasteiger partial charge in [-0.3, -0.25) is 9.69 Å².